The Bertz CT molecular complexity index is 483. The Balaban J connectivity index is 2.10. The maximum Gasteiger partial charge on any atom is 0.203 e. The molecule has 0 aromatic heterocycles. The van der Waals surface area contributed by atoms with Gasteiger partial charge in [0.15, 0.2) is 11.5 Å². The fourth-order valence-electron chi connectivity index (χ4n) is 3.25. The summed E-state index contributed by atoms with van der Waals surface area (Å²) < 4.78 is 16.4. The lowest BCUT2D eigenvalue weighted by molar-refractivity contribution is -1.03. The van der Waals surface area contributed by atoms with E-state index in [9.17, 15) is 0 Å². The van der Waals surface area contributed by atoms with Gasteiger partial charge in [0, 0.05) is 0 Å². The standard InChI is InChI=1S/C17H28N2O3/c1-13(2)19-10-8-18(9-11-19)12-14-6-7-15(20-3)17(22-5)16(14)21-4/h6-7,13H,8-12H2,1-5H3/p+2. The van der Waals surface area contributed by atoms with Gasteiger partial charge in [-0.1, -0.05) is 0 Å². The van der Waals surface area contributed by atoms with Crippen LogP contribution in [0.4, 0.5) is 0 Å². The fourth-order valence-corrected chi connectivity index (χ4v) is 3.25. The number of hydrogen-bond donors (Lipinski definition) is 2. The first-order chi connectivity index (χ1) is 10.6. The monoisotopic (exact) mass is 310 g/mol. The summed E-state index contributed by atoms with van der Waals surface area (Å²) in [7, 11) is 4.99. The molecule has 0 aliphatic carbocycles. The topological polar surface area (TPSA) is 36.6 Å². The van der Waals surface area contributed by atoms with Gasteiger partial charge in [-0.3, -0.25) is 0 Å². The van der Waals surface area contributed by atoms with E-state index in [0.29, 0.717) is 11.5 Å². The molecule has 0 amide bonds. The zero-order valence-corrected chi connectivity index (χ0v) is 14.5. The first-order valence-electron chi connectivity index (χ1n) is 8.06. The molecule has 1 aromatic rings. The van der Waals surface area contributed by atoms with Gasteiger partial charge in [0.25, 0.3) is 0 Å². The van der Waals surface area contributed by atoms with Crippen LogP contribution < -0.4 is 24.0 Å². The highest BCUT2D eigenvalue weighted by atomic mass is 16.5. The van der Waals surface area contributed by atoms with E-state index in [-0.39, 0.29) is 0 Å². The van der Waals surface area contributed by atoms with Crippen molar-refractivity contribution in [3.05, 3.63) is 17.7 Å². The van der Waals surface area contributed by atoms with Crippen LogP contribution in [0, 0.1) is 0 Å². The van der Waals surface area contributed by atoms with Gasteiger partial charge in [-0.05, 0) is 26.0 Å². The summed E-state index contributed by atoms with van der Waals surface area (Å²) in [6.45, 7) is 10.4. The summed E-state index contributed by atoms with van der Waals surface area (Å²) in [6, 6.07) is 4.78. The molecule has 0 unspecified atom stereocenters. The fraction of sp³-hybridized carbons (Fsp3) is 0.647. The molecule has 1 saturated heterocycles. The molecule has 1 aliphatic heterocycles. The number of piperazine rings is 1. The molecular formula is C17H30N2O3+2. The molecule has 2 N–H and O–H groups in total. The quantitative estimate of drug-likeness (QED) is 0.737. The van der Waals surface area contributed by atoms with Crippen molar-refractivity contribution in [1.29, 1.82) is 0 Å². The predicted octanol–water partition coefficient (Wildman–Crippen LogP) is -0.596. The van der Waals surface area contributed by atoms with Gasteiger partial charge < -0.3 is 24.0 Å². The molecule has 0 spiro atoms. The maximum atomic E-state index is 5.59. The lowest BCUT2D eigenvalue weighted by atomic mass is 10.1. The Morgan fingerprint density at radius 1 is 0.909 bits per heavy atom. The first-order valence-corrected chi connectivity index (χ1v) is 8.06. The normalized spacial score (nSPS) is 21.7. The van der Waals surface area contributed by atoms with Crippen molar-refractivity contribution >= 4 is 0 Å². The van der Waals surface area contributed by atoms with Crippen LogP contribution in [0.1, 0.15) is 19.4 Å². The third-order valence-corrected chi connectivity index (χ3v) is 4.64. The SMILES string of the molecule is COc1ccc(C[NH+]2CC[NH+](C(C)C)CC2)c(OC)c1OC. The highest BCUT2D eigenvalue weighted by molar-refractivity contribution is 5.55. The van der Waals surface area contributed by atoms with E-state index in [1.807, 2.05) is 6.07 Å². The average molecular weight is 310 g/mol. The third kappa shape index (κ3) is 3.65. The van der Waals surface area contributed by atoms with Gasteiger partial charge in [0.1, 0.15) is 32.7 Å². The molecule has 0 radical (unpaired) electrons. The van der Waals surface area contributed by atoms with E-state index in [4.69, 9.17) is 14.2 Å². The summed E-state index contributed by atoms with van der Waals surface area (Å²) in [6.07, 6.45) is 0. The number of methoxy groups -OCH3 is 3. The zero-order chi connectivity index (χ0) is 16.1. The van der Waals surface area contributed by atoms with E-state index in [1.54, 1.807) is 31.1 Å². The van der Waals surface area contributed by atoms with Gasteiger partial charge in [0.2, 0.25) is 5.75 Å². The minimum atomic E-state index is 0.688. The van der Waals surface area contributed by atoms with Crippen molar-refractivity contribution in [1.82, 2.24) is 0 Å². The van der Waals surface area contributed by atoms with Crippen LogP contribution in [0.2, 0.25) is 0 Å². The average Bonchev–Trinajstić information content (AvgIpc) is 2.54. The molecule has 1 heterocycles. The summed E-state index contributed by atoms with van der Waals surface area (Å²) >= 11 is 0. The minimum absolute atomic E-state index is 0.688. The lowest BCUT2D eigenvalue weighted by Crippen LogP contribution is -3.28. The van der Waals surface area contributed by atoms with Crippen LogP contribution in [0.25, 0.3) is 0 Å². The Kier molecular flexibility index (Phi) is 5.91. The molecule has 0 bridgehead atoms. The summed E-state index contributed by atoms with van der Waals surface area (Å²) in [5, 5.41) is 0. The highest BCUT2D eigenvalue weighted by Gasteiger charge is 2.26. The number of quaternary nitrogens is 2. The van der Waals surface area contributed by atoms with E-state index < -0.39 is 0 Å². The molecule has 1 fully saturated rings. The second kappa shape index (κ2) is 7.70. The molecule has 1 aromatic carbocycles. The van der Waals surface area contributed by atoms with Crippen molar-refractivity contribution in [2.75, 3.05) is 47.5 Å². The van der Waals surface area contributed by atoms with Gasteiger partial charge in [-0.2, -0.15) is 0 Å². The minimum Gasteiger partial charge on any atom is -0.493 e. The Labute approximate surface area is 133 Å². The molecule has 22 heavy (non-hydrogen) atoms. The van der Waals surface area contributed by atoms with Gasteiger partial charge in [0.05, 0.1) is 32.9 Å². The molecule has 5 heteroatoms. The van der Waals surface area contributed by atoms with Crippen LogP contribution in [0.15, 0.2) is 12.1 Å². The largest absolute Gasteiger partial charge is 0.493 e. The summed E-state index contributed by atoms with van der Waals surface area (Å²) in [5.41, 5.74) is 1.18. The van der Waals surface area contributed by atoms with Gasteiger partial charge in [-0.15, -0.1) is 0 Å². The molecule has 1 aliphatic rings. The molecular weight excluding hydrogens is 280 g/mol. The molecule has 2 rings (SSSR count). The maximum absolute atomic E-state index is 5.59. The molecule has 5 nitrogen and oxygen atoms in total. The van der Waals surface area contributed by atoms with Crippen molar-refractivity contribution in [3.8, 4) is 17.2 Å². The predicted molar refractivity (Wildman–Crippen MR) is 86.3 cm³/mol. The van der Waals surface area contributed by atoms with E-state index in [2.05, 4.69) is 19.9 Å². The van der Waals surface area contributed by atoms with E-state index >= 15 is 0 Å². The number of benzene rings is 1. The van der Waals surface area contributed by atoms with E-state index in [1.165, 1.54) is 31.7 Å². The summed E-state index contributed by atoms with van der Waals surface area (Å²) in [5.74, 6) is 2.20. The Morgan fingerprint density at radius 2 is 1.55 bits per heavy atom. The zero-order valence-electron chi connectivity index (χ0n) is 14.5. The van der Waals surface area contributed by atoms with Crippen molar-refractivity contribution in [3.63, 3.8) is 0 Å². The number of ether oxygens (including phenoxy) is 3. The van der Waals surface area contributed by atoms with Gasteiger partial charge >= 0.3 is 0 Å². The molecule has 0 atom stereocenters. The highest BCUT2D eigenvalue weighted by Crippen LogP contribution is 2.39. The molecule has 0 saturated carbocycles. The molecule has 124 valence electrons. The second-order valence-corrected chi connectivity index (χ2v) is 6.23. The number of hydrogen-bond acceptors (Lipinski definition) is 3. The number of rotatable bonds is 6. The smallest absolute Gasteiger partial charge is 0.203 e. The third-order valence-electron chi connectivity index (χ3n) is 4.64. The van der Waals surface area contributed by atoms with Crippen molar-refractivity contribution < 1.29 is 24.0 Å². The van der Waals surface area contributed by atoms with Crippen LogP contribution >= 0.6 is 0 Å². The Morgan fingerprint density at radius 3 is 2.05 bits per heavy atom. The lowest BCUT2D eigenvalue weighted by Gasteiger charge is -2.32. The number of nitrogens with one attached hydrogen (secondary N) is 2. The van der Waals surface area contributed by atoms with Crippen LogP contribution in [-0.4, -0.2) is 53.6 Å². The van der Waals surface area contributed by atoms with Crippen LogP contribution in [0.3, 0.4) is 0 Å². The van der Waals surface area contributed by atoms with Crippen LogP contribution in [-0.2, 0) is 6.54 Å². The van der Waals surface area contributed by atoms with Gasteiger partial charge in [-0.25, -0.2) is 0 Å². The van der Waals surface area contributed by atoms with Crippen molar-refractivity contribution in [2.24, 2.45) is 0 Å². The first kappa shape index (κ1) is 16.9. The Hall–Kier alpha value is -1.46. The van der Waals surface area contributed by atoms with E-state index in [0.717, 1.165) is 18.3 Å². The van der Waals surface area contributed by atoms with Crippen molar-refractivity contribution in [2.45, 2.75) is 26.4 Å². The second-order valence-electron chi connectivity index (χ2n) is 6.23. The summed E-state index contributed by atoms with van der Waals surface area (Å²) in [4.78, 5) is 3.32. The van der Waals surface area contributed by atoms with Crippen LogP contribution in [0.5, 0.6) is 17.2 Å².